The molecule has 1 aliphatic rings. The number of nitrogens with one attached hydrogen (secondary N) is 1. The lowest BCUT2D eigenvalue weighted by Gasteiger charge is -2.39. The zero-order valence-electron chi connectivity index (χ0n) is 15.2. The summed E-state index contributed by atoms with van der Waals surface area (Å²) in [7, 11) is 0. The molecule has 1 aliphatic heterocycles. The molecule has 2 aromatic carbocycles. The average Bonchev–Trinajstić information content (AvgIpc) is 2.66. The van der Waals surface area contributed by atoms with Crippen LogP contribution in [0.1, 0.15) is 17.3 Å². The van der Waals surface area contributed by atoms with Gasteiger partial charge in [-0.15, -0.1) is 0 Å². The van der Waals surface area contributed by atoms with Gasteiger partial charge in [0.25, 0.3) is 5.91 Å². The van der Waals surface area contributed by atoms with E-state index in [1.807, 2.05) is 36.4 Å². The number of carbonyl (C=O) groups is 1. The van der Waals surface area contributed by atoms with E-state index in [2.05, 4.69) is 28.1 Å². The van der Waals surface area contributed by atoms with E-state index in [4.69, 9.17) is 11.5 Å². The highest BCUT2D eigenvalue weighted by molar-refractivity contribution is 5.98. The third kappa shape index (κ3) is 4.26. The monoisotopic (exact) mass is 353 g/mol. The summed E-state index contributed by atoms with van der Waals surface area (Å²) < 4.78 is 0. The van der Waals surface area contributed by atoms with Gasteiger partial charge >= 0.3 is 0 Å². The summed E-state index contributed by atoms with van der Waals surface area (Å²) in [6.45, 7) is 6.92. The molecule has 1 fully saturated rings. The van der Waals surface area contributed by atoms with Crippen LogP contribution >= 0.6 is 0 Å². The quantitative estimate of drug-likeness (QED) is 0.691. The number of nitrogens with two attached hydrogens (primary N) is 2. The van der Waals surface area contributed by atoms with Crippen molar-refractivity contribution in [2.45, 2.75) is 13.0 Å². The number of nitrogen functional groups attached to an aromatic ring is 1. The number of piperazine rings is 1. The van der Waals surface area contributed by atoms with Crippen LogP contribution in [0.5, 0.6) is 0 Å². The van der Waals surface area contributed by atoms with Crippen LogP contribution in [0, 0.1) is 0 Å². The Hall–Kier alpha value is -2.73. The lowest BCUT2D eigenvalue weighted by atomic mass is 10.1. The molecule has 1 amide bonds. The fourth-order valence-corrected chi connectivity index (χ4v) is 3.38. The smallest absolute Gasteiger partial charge is 0.250 e. The third-order valence-corrected chi connectivity index (χ3v) is 4.95. The second-order valence-electron chi connectivity index (χ2n) is 6.76. The number of para-hydroxylation sites is 1. The largest absolute Gasteiger partial charge is 0.399 e. The lowest BCUT2D eigenvalue weighted by Crippen LogP contribution is -2.51. The number of nitrogens with zero attached hydrogens (tertiary/aromatic N) is 2. The SMILES string of the molecule is CC(CNc1ccccc1C(N)=O)N1CCN(c2cccc(N)c2)CC1. The van der Waals surface area contributed by atoms with Gasteiger partial charge in [-0.05, 0) is 37.3 Å². The Bertz CT molecular complexity index is 755. The molecule has 1 heterocycles. The first kappa shape index (κ1) is 18.1. The van der Waals surface area contributed by atoms with Gasteiger partial charge in [0.05, 0.1) is 5.56 Å². The van der Waals surface area contributed by atoms with Gasteiger partial charge in [0.2, 0.25) is 0 Å². The number of anilines is 3. The van der Waals surface area contributed by atoms with Crippen molar-refractivity contribution in [3.8, 4) is 0 Å². The minimum absolute atomic E-state index is 0.360. The van der Waals surface area contributed by atoms with E-state index in [1.54, 1.807) is 6.07 Å². The second kappa shape index (κ2) is 8.10. The first-order valence-corrected chi connectivity index (χ1v) is 9.02. The molecule has 0 bridgehead atoms. The zero-order chi connectivity index (χ0) is 18.5. The molecule has 1 saturated heterocycles. The van der Waals surface area contributed by atoms with Crippen LogP contribution in [-0.4, -0.2) is 49.6 Å². The third-order valence-electron chi connectivity index (χ3n) is 4.95. The van der Waals surface area contributed by atoms with E-state index in [0.717, 1.165) is 44.1 Å². The standard InChI is InChI=1S/C20H27N5O/c1-15(14-23-19-8-3-2-7-18(19)20(22)26)24-9-11-25(12-10-24)17-6-4-5-16(21)13-17/h2-8,13,15,23H,9-12,14,21H2,1H3,(H2,22,26). The molecule has 0 radical (unpaired) electrons. The van der Waals surface area contributed by atoms with Crippen LogP contribution in [0.15, 0.2) is 48.5 Å². The van der Waals surface area contributed by atoms with Gasteiger partial charge in [0.15, 0.2) is 0 Å². The number of hydrogen-bond donors (Lipinski definition) is 3. The van der Waals surface area contributed by atoms with Crippen molar-refractivity contribution in [2.24, 2.45) is 5.73 Å². The highest BCUT2D eigenvalue weighted by atomic mass is 16.1. The summed E-state index contributed by atoms with van der Waals surface area (Å²) in [5, 5.41) is 3.37. The van der Waals surface area contributed by atoms with Crippen molar-refractivity contribution in [1.82, 2.24) is 4.90 Å². The Morgan fingerprint density at radius 3 is 2.54 bits per heavy atom. The van der Waals surface area contributed by atoms with Gasteiger partial charge in [-0.3, -0.25) is 9.69 Å². The van der Waals surface area contributed by atoms with E-state index in [9.17, 15) is 4.79 Å². The minimum Gasteiger partial charge on any atom is -0.399 e. The normalized spacial score (nSPS) is 16.3. The highest BCUT2D eigenvalue weighted by Gasteiger charge is 2.21. The summed E-state index contributed by atoms with van der Waals surface area (Å²) in [6, 6.07) is 15.8. The molecule has 26 heavy (non-hydrogen) atoms. The van der Waals surface area contributed by atoms with Crippen molar-refractivity contribution in [3.05, 3.63) is 54.1 Å². The number of carbonyl (C=O) groups excluding carboxylic acids is 1. The average molecular weight is 353 g/mol. The van der Waals surface area contributed by atoms with E-state index in [-0.39, 0.29) is 0 Å². The fraction of sp³-hybridized carbons (Fsp3) is 0.350. The van der Waals surface area contributed by atoms with Gasteiger partial charge < -0.3 is 21.7 Å². The summed E-state index contributed by atoms with van der Waals surface area (Å²) in [5.41, 5.74) is 14.6. The Morgan fingerprint density at radius 1 is 1.12 bits per heavy atom. The van der Waals surface area contributed by atoms with E-state index in [1.165, 1.54) is 5.69 Å². The van der Waals surface area contributed by atoms with Crippen LogP contribution in [0.25, 0.3) is 0 Å². The molecule has 0 spiro atoms. The van der Waals surface area contributed by atoms with E-state index in [0.29, 0.717) is 11.6 Å². The van der Waals surface area contributed by atoms with Crippen molar-refractivity contribution in [3.63, 3.8) is 0 Å². The van der Waals surface area contributed by atoms with Crippen LogP contribution in [0.4, 0.5) is 17.1 Å². The molecule has 138 valence electrons. The number of amides is 1. The summed E-state index contributed by atoms with van der Waals surface area (Å²) in [5.74, 6) is -0.406. The second-order valence-corrected chi connectivity index (χ2v) is 6.76. The van der Waals surface area contributed by atoms with Crippen molar-refractivity contribution in [2.75, 3.05) is 48.7 Å². The first-order chi connectivity index (χ1) is 12.5. The van der Waals surface area contributed by atoms with Crippen LogP contribution in [0.3, 0.4) is 0 Å². The van der Waals surface area contributed by atoms with Crippen molar-refractivity contribution in [1.29, 1.82) is 0 Å². The Balaban J connectivity index is 1.53. The Morgan fingerprint density at radius 2 is 1.85 bits per heavy atom. The molecule has 0 aliphatic carbocycles. The van der Waals surface area contributed by atoms with Crippen LogP contribution in [-0.2, 0) is 0 Å². The fourth-order valence-electron chi connectivity index (χ4n) is 3.38. The zero-order valence-corrected chi connectivity index (χ0v) is 15.2. The van der Waals surface area contributed by atoms with Gasteiger partial charge in [-0.1, -0.05) is 18.2 Å². The minimum atomic E-state index is -0.406. The van der Waals surface area contributed by atoms with Crippen molar-refractivity contribution < 1.29 is 4.79 Å². The number of benzene rings is 2. The van der Waals surface area contributed by atoms with Gasteiger partial charge in [-0.2, -0.15) is 0 Å². The van der Waals surface area contributed by atoms with Crippen LogP contribution in [0.2, 0.25) is 0 Å². The molecule has 5 N–H and O–H groups in total. The van der Waals surface area contributed by atoms with Crippen molar-refractivity contribution >= 4 is 23.0 Å². The molecule has 2 aromatic rings. The Labute approximate surface area is 154 Å². The molecule has 1 atom stereocenters. The summed E-state index contributed by atoms with van der Waals surface area (Å²) in [4.78, 5) is 16.4. The first-order valence-electron chi connectivity index (χ1n) is 9.02. The number of primary amides is 1. The van der Waals surface area contributed by atoms with Gasteiger partial charge in [-0.25, -0.2) is 0 Å². The number of hydrogen-bond acceptors (Lipinski definition) is 5. The maximum atomic E-state index is 11.5. The van der Waals surface area contributed by atoms with E-state index >= 15 is 0 Å². The molecular weight excluding hydrogens is 326 g/mol. The van der Waals surface area contributed by atoms with Gasteiger partial charge in [0, 0.05) is 55.8 Å². The molecule has 0 saturated carbocycles. The predicted octanol–water partition coefficient (Wildman–Crippen LogP) is 1.99. The lowest BCUT2D eigenvalue weighted by molar-refractivity contribution is 0.100. The molecule has 0 aromatic heterocycles. The maximum Gasteiger partial charge on any atom is 0.250 e. The predicted molar refractivity (Wildman–Crippen MR) is 108 cm³/mol. The summed E-state index contributed by atoms with van der Waals surface area (Å²) >= 11 is 0. The Kier molecular flexibility index (Phi) is 5.63. The summed E-state index contributed by atoms with van der Waals surface area (Å²) in [6.07, 6.45) is 0. The maximum absolute atomic E-state index is 11.5. The number of rotatable bonds is 6. The topological polar surface area (TPSA) is 87.6 Å². The molecule has 1 unspecified atom stereocenters. The van der Waals surface area contributed by atoms with E-state index < -0.39 is 5.91 Å². The molecular formula is C20H27N5O. The van der Waals surface area contributed by atoms with Gasteiger partial charge in [0.1, 0.15) is 0 Å². The van der Waals surface area contributed by atoms with Crippen LogP contribution < -0.4 is 21.7 Å². The molecule has 6 heteroatoms. The molecule has 6 nitrogen and oxygen atoms in total. The highest BCUT2D eigenvalue weighted by Crippen LogP contribution is 2.20. The molecule has 3 rings (SSSR count).